The summed E-state index contributed by atoms with van der Waals surface area (Å²) in [6, 6.07) is 11.0. The largest absolute Gasteiger partial charge is 0.220 e. The normalized spacial score (nSPS) is 10.9. The molecule has 2 heterocycles. The molecule has 3 rings (SSSR count). The van der Waals surface area contributed by atoms with Gasteiger partial charge in [-0.1, -0.05) is 35.3 Å². The van der Waals surface area contributed by atoms with E-state index in [0.717, 1.165) is 5.56 Å². The number of fused-ring (bicyclic) bond motifs is 1. The fourth-order valence-corrected chi connectivity index (χ4v) is 1.95. The summed E-state index contributed by atoms with van der Waals surface area (Å²) in [6.45, 7) is 0. The fourth-order valence-electron chi connectivity index (χ4n) is 1.61. The van der Waals surface area contributed by atoms with Crippen molar-refractivity contribution in [2.24, 2.45) is 0 Å². The number of pyridine rings is 1. The zero-order valence-electron chi connectivity index (χ0n) is 8.64. The third-order valence-corrected chi connectivity index (χ3v) is 2.85. The highest BCUT2D eigenvalue weighted by Crippen LogP contribution is 2.21. The zero-order chi connectivity index (χ0) is 11.8. The molecule has 17 heavy (non-hydrogen) atoms. The van der Waals surface area contributed by atoms with Gasteiger partial charge < -0.3 is 0 Å². The number of halogens is 2. The molecule has 0 unspecified atom stereocenters. The second-order valence-corrected chi connectivity index (χ2v) is 4.47. The molecule has 3 aromatic rings. The number of hydrogen-bond acceptors (Lipinski definition) is 2. The average molecular weight is 264 g/mol. The summed E-state index contributed by atoms with van der Waals surface area (Å²) in [5, 5.41) is 5.66. The maximum absolute atomic E-state index is 5.94. The van der Waals surface area contributed by atoms with Crippen LogP contribution in [0.3, 0.4) is 0 Å². The highest BCUT2D eigenvalue weighted by molar-refractivity contribution is 6.31. The Morgan fingerprint density at radius 1 is 1.00 bits per heavy atom. The van der Waals surface area contributed by atoms with Crippen LogP contribution in [0.5, 0.6) is 0 Å². The molecule has 0 saturated carbocycles. The second kappa shape index (κ2) is 4.02. The molecule has 0 atom stereocenters. The number of nitrogens with zero attached hydrogens (tertiary/aromatic N) is 3. The van der Waals surface area contributed by atoms with Gasteiger partial charge in [0.05, 0.1) is 0 Å². The van der Waals surface area contributed by atoms with Gasteiger partial charge in [-0.2, -0.15) is 0 Å². The summed E-state index contributed by atoms with van der Waals surface area (Å²) >= 11 is 11.8. The Hall–Kier alpha value is -1.58. The number of hydrogen-bond donors (Lipinski definition) is 0. The van der Waals surface area contributed by atoms with Crippen molar-refractivity contribution in [3.05, 3.63) is 52.6 Å². The first kappa shape index (κ1) is 10.6. The van der Waals surface area contributed by atoms with Crippen LogP contribution in [0.4, 0.5) is 0 Å². The van der Waals surface area contributed by atoms with Gasteiger partial charge in [-0.25, -0.2) is 9.50 Å². The minimum atomic E-state index is 0.634. The summed E-state index contributed by atoms with van der Waals surface area (Å²) in [5.74, 6) is 0.634. The summed E-state index contributed by atoms with van der Waals surface area (Å²) in [4.78, 5) is 4.39. The maximum atomic E-state index is 5.94. The van der Waals surface area contributed by atoms with Crippen molar-refractivity contribution in [2.75, 3.05) is 0 Å². The van der Waals surface area contributed by atoms with Crippen LogP contribution >= 0.6 is 23.2 Å². The van der Waals surface area contributed by atoms with Gasteiger partial charge in [0.2, 0.25) is 0 Å². The molecule has 0 N–H and O–H groups in total. The van der Waals surface area contributed by atoms with Crippen LogP contribution in [0.1, 0.15) is 0 Å². The molecule has 0 spiro atoms. The molecule has 0 aliphatic rings. The van der Waals surface area contributed by atoms with Crippen molar-refractivity contribution < 1.29 is 0 Å². The van der Waals surface area contributed by atoms with Gasteiger partial charge in [0.15, 0.2) is 11.5 Å². The molecule has 84 valence electrons. The van der Waals surface area contributed by atoms with Crippen molar-refractivity contribution in [2.45, 2.75) is 0 Å². The lowest BCUT2D eigenvalue weighted by atomic mass is 10.2. The summed E-state index contributed by atoms with van der Waals surface area (Å²) < 4.78 is 1.68. The second-order valence-electron chi connectivity index (χ2n) is 3.59. The molecule has 0 aliphatic carbocycles. The maximum Gasteiger partial charge on any atom is 0.182 e. The predicted molar refractivity (Wildman–Crippen MR) is 68.4 cm³/mol. The first-order valence-electron chi connectivity index (χ1n) is 5.00. The van der Waals surface area contributed by atoms with Crippen LogP contribution in [0.15, 0.2) is 42.6 Å². The van der Waals surface area contributed by atoms with Crippen molar-refractivity contribution in [1.82, 2.24) is 14.6 Å². The fraction of sp³-hybridized carbons (Fsp3) is 0. The van der Waals surface area contributed by atoms with E-state index in [4.69, 9.17) is 23.2 Å². The van der Waals surface area contributed by atoms with Crippen molar-refractivity contribution in [3.8, 4) is 11.4 Å². The minimum Gasteiger partial charge on any atom is -0.220 e. The van der Waals surface area contributed by atoms with Gasteiger partial charge in [0, 0.05) is 27.9 Å². The van der Waals surface area contributed by atoms with E-state index >= 15 is 0 Å². The first-order valence-corrected chi connectivity index (χ1v) is 5.76. The molecular formula is C12H7Cl2N3. The predicted octanol–water partition coefficient (Wildman–Crippen LogP) is 3.70. The molecular weight excluding hydrogens is 257 g/mol. The molecule has 0 aliphatic heterocycles. The first-order chi connectivity index (χ1) is 8.22. The van der Waals surface area contributed by atoms with Crippen LogP contribution in [0.25, 0.3) is 17.0 Å². The van der Waals surface area contributed by atoms with Crippen LogP contribution in [0.2, 0.25) is 10.0 Å². The Morgan fingerprint density at radius 3 is 2.65 bits per heavy atom. The van der Waals surface area contributed by atoms with E-state index in [0.29, 0.717) is 21.5 Å². The lowest BCUT2D eigenvalue weighted by molar-refractivity contribution is 0.966. The molecule has 0 bridgehead atoms. The summed E-state index contributed by atoms with van der Waals surface area (Å²) in [5.41, 5.74) is 1.60. The van der Waals surface area contributed by atoms with Gasteiger partial charge in [-0.15, -0.1) is 5.10 Å². The molecule has 2 aromatic heterocycles. The number of rotatable bonds is 1. The summed E-state index contributed by atoms with van der Waals surface area (Å²) in [7, 11) is 0. The molecule has 0 fully saturated rings. The van der Waals surface area contributed by atoms with E-state index < -0.39 is 0 Å². The smallest absolute Gasteiger partial charge is 0.182 e. The molecule has 0 saturated heterocycles. The number of benzene rings is 1. The standard InChI is InChI=1S/C12H7Cl2N3/c13-9-3-1-2-8(6-9)12-15-11-7-10(14)4-5-17(11)16-12/h1-7H. The Kier molecular flexibility index (Phi) is 2.50. The average Bonchev–Trinajstić information content (AvgIpc) is 2.72. The SMILES string of the molecule is Clc1cccc(-c2nc3cc(Cl)ccn3n2)c1. The Labute approximate surface area is 108 Å². The van der Waals surface area contributed by atoms with Crippen LogP contribution < -0.4 is 0 Å². The van der Waals surface area contributed by atoms with Crippen molar-refractivity contribution >= 4 is 28.8 Å². The van der Waals surface area contributed by atoms with E-state index in [2.05, 4.69) is 10.1 Å². The van der Waals surface area contributed by atoms with Gasteiger partial charge in [-0.05, 0) is 18.2 Å². The molecule has 0 radical (unpaired) electrons. The van der Waals surface area contributed by atoms with Crippen molar-refractivity contribution in [1.29, 1.82) is 0 Å². The van der Waals surface area contributed by atoms with Gasteiger partial charge in [0.1, 0.15) is 0 Å². The molecule has 1 aromatic carbocycles. The summed E-state index contributed by atoms with van der Waals surface area (Å²) in [6.07, 6.45) is 1.78. The minimum absolute atomic E-state index is 0.634. The monoisotopic (exact) mass is 263 g/mol. The van der Waals surface area contributed by atoms with E-state index in [1.165, 1.54) is 0 Å². The molecule has 3 nitrogen and oxygen atoms in total. The lowest BCUT2D eigenvalue weighted by Gasteiger charge is -1.94. The third kappa shape index (κ3) is 1.99. The van der Waals surface area contributed by atoms with Gasteiger partial charge in [0.25, 0.3) is 0 Å². The topological polar surface area (TPSA) is 30.2 Å². The van der Waals surface area contributed by atoms with Gasteiger partial charge >= 0.3 is 0 Å². The van der Waals surface area contributed by atoms with Crippen LogP contribution in [0, 0.1) is 0 Å². The van der Waals surface area contributed by atoms with Crippen LogP contribution in [-0.4, -0.2) is 14.6 Å². The van der Waals surface area contributed by atoms with Crippen molar-refractivity contribution in [3.63, 3.8) is 0 Å². The van der Waals surface area contributed by atoms with Gasteiger partial charge in [-0.3, -0.25) is 0 Å². The zero-order valence-corrected chi connectivity index (χ0v) is 10.2. The number of aromatic nitrogens is 3. The highest BCUT2D eigenvalue weighted by Gasteiger charge is 2.06. The quantitative estimate of drug-likeness (QED) is 0.670. The third-order valence-electron chi connectivity index (χ3n) is 2.38. The Balaban J connectivity index is 2.18. The van der Waals surface area contributed by atoms with Crippen LogP contribution in [-0.2, 0) is 0 Å². The molecule has 5 heteroatoms. The highest BCUT2D eigenvalue weighted by atomic mass is 35.5. The Bertz CT molecular complexity index is 691. The van der Waals surface area contributed by atoms with E-state index in [-0.39, 0.29) is 0 Å². The van der Waals surface area contributed by atoms with E-state index in [1.807, 2.05) is 24.3 Å². The molecule has 0 amide bonds. The lowest BCUT2D eigenvalue weighted by Crippen LogP contribution is -1.85. The Morgan fingerprint density at radius 2 is 1.82 bits per heavy atom. The van der Waals surface area contributed by atoms with E-state index in [9.17, 15) is 0 Å². The van der Waals surface area contributed by atoms with E-state index in [1.54, 1.807) is 22.8 Å².